The van der Waals surface area contributed by atoms with E-state index in [-0.39, 0.29) is 23.7 Å². The van der Waals surface area contributed by atoms with Crippen LogP contribution in [0.1, 0.15) is 32.1 Å². The molecule has 6 heteroatoms. The Morgan fingerprint density at radius 2 is 1.30 bits per heavy atom. The van der Waals surface area contributed by atoms with E-state index in [4.69, 9.17) is 4.74 Å². The van der Waals surface area contributed by atoms with E-state index >= 15 is 0 Å². The van der Waals surface area contributed by atoms with Gasteiger partial charge in [0.2, 0.25) is 11.8 Å². The Balaban J connectivity index is 1.37. The third-order valence-electron chi connectivity index (χ3n) is 6.76. The van der Waals surface area contributed by atoms with Crippen molar-refractivity contribution in [1.29, 1.82) is 0 Å². The molecule has 30 heavy (non-hydrogen) atoms. The van der Waals surface area contributed by atoms with Crippen LogP contribution in [0.2, 0.25) is 0 Å². The standard InChI is InChI=1S/C24H33N3O3/c1-30-20-11-9-19(10-12-20)25-15-17-27(18-16-25)24(29)22-8-4-3-7-21(22)23(28)26-13-5-2-6-14-26/h3-4,9-12,21-22H,2,5-8,13-18H2,1H3. The Labute approximate surface area is 179 Å². The number of carbonyl (C=O) groups excluding carboxylic acids is 2. The molecule has 2 unspecified atom stereocenters. The van der Waals surface area contributed by atoms with E-state index in [9.17, 15) is 9.59 Å². The number of piperazine rings is 1. The van der Waals surface area contributed by atoms with Gasteiger partial charge in [-0.05, 0) is 56.4 Å². The van der Waals surface area contributed by atoms with Crippen molar-refractivity contribution < 1.29 is 14.3 Å². The minimum atomic E-state index is -0.211. The van der Waals surface area contributed by atoms with Crippen molar-refractivity contribution in [2.24, 2.45) is 11.8 Å². The van der Waals surface area contributed by atoms with Crippen LogP contribution in [-0.2, 0) is 9.59 Å². The summed E-state index contributed by atoms with van der Waals surface area (Å²) >= 11 is 0. The smallest absolute Gasteiger partial charge is 0.226 e. The van der Waals surface area contributed by atoms with Gasteiger partial charge < -0.3 is 19.4 Å². The topological polar surface area (TPSA) is 53.1 Å². The number of rotatable bonds is 4. The fourth-order valence-electron chi connectivity index (χ4n) is 4.92. The van der Waals surface area contributed by atoms with Gasteiger partial charge in [0.05, 0.1) is 18.9 Å². The average molecular weight is 412 g/mol. The average Bonchev–Trinajstić information content (AvgIpc) is 2.84. The fourth-order valence-corrected chi connectivity index (χ4v) is 4.92. The molecule has 1 aromatic rings. The van der Waals surface area contributed by atoms with Crippen LogP contribution in [-0.4, -0.2) is 68.0 Å². The number of allylic oxidation sites excluding steroid dienone is 2. The van der Waals surface area contributed by atoms with Gasteiger partial charge in [0.1, 0.15) is 5.75 Å². The molecule has 0 saturated carbocycles. The molecular formula is C24H33N3O3. The Morgan fingerprint density at radius 1 is 0.767 bits per heavy atom. The Bertz CT molecular complexity index is 762. The molecule has 2 aliphatic heterocycles. The van der Waals surface area contributed by atoms with E-state index in [1.807, 2.05) is 21.9 Å². The van der Waals surface area contributed by atoms with Gasteiger partial charge >= 0.3 is 0 Å². The molecule has 1 aliphatic carbocycles. The van der Waals surface area contributed by atoms with Gasteiger partial charge in [-0.1, -0.05) is 12.2 Å². The zero-order chi connectivity index (χ0) is 20.9. The number of carbonyl (C=O) groups is 2. The van der Waals surface area contributed by atoms with Crippen LogP contribution in [0.5, 0.6) is 5.75 Å². The van der Waals surface area contributed by atoms with Crippen molar-refractivity contribution >= 4 is 17.5 Å². The summed E-state index contributed by atoms with van der Waals surface area (Å²) in [5, 5.41) is 0. The van der Waals surface area contributed by atoms with Crippen molar-refractivity contribution in [3.8, 4) is 5.75 Å². The maximum Gasteiger partial charge on any atom is 0.226 e. The van der Waals surface area contributed by atoms with E-state index in [2.05, 4.69) is 29.2 Å². The van der Waals surface area contributed by atoms with E-state index in [1.54, 1.807) is 7.11 Å². The zero-order valence-electron chi connectivity index (χ0n) is 18.0. The second kappa shape index (κ2) is 9.54. The summed E-state index contributed by atoms with van der Waals surface area (Å²) in [6.45, 7) is 4.73. The first kappa shape index (κ1) is 20.8. The molecule has 0 spiro atoms. The number of ether oxygens (including phenoxy) is 1. The lowest BCUT2D eigenvalue weighted by atomic mass is 9.80. The molecule has 2 atom stereocenters. The SMILES string of the molecule is COc1ccc(N2CCN(C(=O)C3CC=CCC3C(=O)N3CCCCC3)CC2)cc1. The fraction of sp³-hybridized carbons (Fsp3) is 0.583. The number of anilines is 1. The van der Waals surface area contributed by atoms with Crippen molar-refractivity contribution in [2.75, 3.05) is 51.3 Å². The molecule has 2 fully saturated rings. The predicted molar refractivity (Wildman–Crippen MR) is 118 cm³/mol. The zero-order valence-corrected chi connectivity index (χ0v) is 18.0. The van der Waals surface area contributed by atoms with Gasteiger partial charge in [-0.25, -0.2) is 0 Å². The van der Waals surface area contributed by atoms with E-state index in [0.717, 1.165) is 50.5 Å². The summed E-state index contributed by atoms with van der Waals surface area (Å²) in [6, 6.07) is 8.07. The minimum absolute atomic E-state index is 0.157. The second-order valence-corrected chi connectivity index (χ2v) is 8.55. The summed E-state index contributed by atoms with van der Waals surface area (Å²) in [7, 11) is 1.67. The second-order valence-electron chi connectivity index (χ2n) is 8.55. The van der Waals surface area contributed by atoms with Gasteiger partial charge in [0.15, 0.2) is 0 Å². The Hall–Kier alpha value is -2.50. The number of amides is 2. The normalized spacial score (nSPS) is 24.6. The highest BCUT2D eigenvalue weighted by atomic mass is 16.5. The van der Waals surface area contributed by atoms with Crippen LogP contribution >= 0.6 is 0 Å². The highest BCUT2D eigenvalue weighted by molar-refractivity contribution is 5.88. The van der Waals surface area contributed by atoms with Gasteiger partial charge in [-0.15, -0.1) is 0 Å². The monoisotopic (exact) mass is 411 g/mol. The number of benzene rings is 1. The lowest BCUT2D eigenvalue weighted by Crippen LogP contribution is -2.53. The van der Waals surface area contributed by atoms with Gasteiger partial charge in [-0.3, -0.25) is 9.59 Å². The molecule has 3 aliphatic rings. The molecule has 1 aromatic carbocycles. The first-order chi connectivity index (χ1) is 14.7. The van der Waals surface area contributed by atoms with Crippen molar-refractivity contribution in [3.05, 3.63) is 36.4 Å². The molecule has 0 bridgehead atoms. The molecule has 2 heterocycles. The number of likely N-dealkylation sites (tertiary alicyclic amines) is 1. The first-order valence-corrected chi connectivity index (χ1v) is 11.3. The highest BCUT2D eigenvalue weighted by Gasteiger charge is 2.39. The van der Waals surface area contributed by atoms with Crippen molar-refractivity contribution in [3.63, 3.8) is 0 Å². The summed E-state index contributed by atoms with van der Waals surface area (Å²) in [5.41, 5.74) is 1.15. The lowest BCUT2D eigenvalue weighted by Gasteiger charge is -2.40. The molecule has 162 valence electrons. The highest BCUT2D eigenvalue weighted by Crippen LogP contribution is 2.31. The predicted octanol–water partition coefficient (Wildman–Crippen LogP) is 2.94. The third-order valence-corrected chi connectivity index (χ3v) is 6.76. The van der Waals surface area contributed by atoms with E-state index < -0.39 is 0 Å². The van der Waals surface area contributed by atoms with Crippen molar-refractivity contribution in [2.45, 2.75) is 32.1 Å². The maximum absolute atomic E-state index is 13.4. The third kappa shape index (κ3) is 4.47. The molecule has 2 saturated heterocycles. The quantitative estimate of drug-likeness (QED) is 0.715. The largest absolute Gasteiger partial charge is 0.497 e. The van der Waals surface area contributed by atoms with Gasteiger partial charge in [0, 0.05) is 45.0 Å². The summed E-state index contributed by atoms with van der Waals surface area (Å²) in [5.74, 6) is 0.790. The number of nitrogens with zero attached hydrogens (tertiary/aromatic N) is 3. The summed E-state index contributed by atoms with van der Waals surface area (Å²) < 4.78 is 5.24. The number of methoxy groups -OCH3 is 1. The van der Waals surface area contributed by atoms with Crippen molar-refractivity contribution in [1.82, 2.24) is 9.80 Å². The van der Waals surface area contributed by atoms with Crippen LogP contribution in [0.3, 0.4) is 0 Å². The molecule has 0 radical (unpaired) electrons. The van der Waals surface area contributed by atoms with Crippen LogP contribution < -0.4 is 9.64 Å². The van der Waals surface area contributed by atoms with E-state index in [0.29, 0.717) is 25.9 Å². The number of hydrogen-bond acceptors (Lipinski definition) is 4. The number of piperidine rings is 1. The summed E-state index contributed by atoms with van der Waals surface area (Å²) in [6.07, 6.45) is 8.91. The van der Waals surface area contributed by atoms with E-state index in [1.165, 1.54) is 6.42 Å². The Kier molecular flexibility index (Phi) is 6.60. The molecule has 0 aromatic heterocycles. The van der Waals surface area contributed by atoms with Gasteiger partial charge in [0.25, 0.3) is 0 Å². The molecule has 4 rings (SSSR count). The molecule has 2 amide bonds. The molecule has 6 nitrogen and oxygen atoms in total. The first-order valence-electron chi connectivity index (χ1n) is 11.3. The molecule has 0 N–H and O–H groups in total. The van der Waals surface area contributed by atoms with Crippen LogP contribution in [0.25, 0.3) is 0 Å². The lowest BCUT2D eigenvalue weighted by molar-refractivity contribution is -0.147. The maximum atomic E-state index is 13.4. The van der Waals surface area contributed by atoms with Crippen LogP contribution in [0.4, 0.5) is 5.69 Å². The Morgan fingerprint density at radius 3 is 1.83 bits per heavy atom. The van der Waals surface area contributed by atoms with Crippen LogP contribution in [0, 0.1) is 11.8 Å². The minimum Gasteiger partial charge on any atom is -0.497 e. The van der Waals surface area contributed by atoms with Crippen LogP contribution in [0.15, 0.2) is 36.4 Å². The number of hydrogen-bond donors (Lipinski definition) is 0. The molecular weight excluding hydrogens is 378 g/mol. The van der Waals surface area contributed by atoms with Gasteiger partial charge in [-0.2, -0.15) is 0 Å². The summed E-state index contributed by atoms with van der Waals surface area (Å²) in [4.78, 5) is 32.8.